The largest absolute Gasteiger partial charge is 0.374 e. The third-order valence-corrected chi connectivity index (χ3v) is 4.94. The Morgan fingerprint density at radius 2 is 2.08 bits per heavy atom. The van der Waals surface area contributed by atoms with Gasteiger partial charge in [-0.05, 0) is 64.4 Å². The van der Waals surface area contributed by atoms with Crippen LogP contribution in [0, 0.1) is 0 Å². The second-order valence-electron chi connectivity index (χ2n) is 7.24. The molecule has 0 amide bonds. The molecule has 0 aromatic heterocycles. The number of allylic oxidation sites excluding steroid dienone is 2. The zero-order chi connectivity index (χ0) is 18.4. The van der Waals surface area contributed by atoms with Crippen LogP contribution in [0.4, 0.5) is 0 Å². The maximum atomic E-state index is 6.12. The molecule has 0 spiro atoms. The van der Waals surface area contributed by atoms with Crippen LogP contribution in [0.2, 0.25) is 0 Å². The maximum absolute atomic E-state index is 6.12. The van der Waals surface area contributed by atoms with Gasteiger partial charge in [0.1, 0.15) is 12.2 Å². The van der Waals surface area contributed by atoms with Crippen molar-refractivity contribution < 1.29 is 9.47 Å². The summed E-state index contributed by atoms with van der Waals surface area (Å²) in [6.07, 6.45) is 11.9. The number of nitrogens with one attached hydrogen (secondary N) is 2. The highest BCUT2D eigenvalue weighted by Crippen LogP contribution is 2.17. The number of likely N-dealkylation sites (tertiary alicyclic amines) is 1. The normalized spacial score (nSPS) is 29.0. The first-order valence-corrected chi connectivity index (χ1v) is 9.71. The molecule has 0 bridgehead atoms. The van der Waals surface area contributed by atoms with Gasteiger partial charge < -0.3 is 25.0 Å². The fourth-order valence-electron chi connectivity index (χ4n) is 3.65. The zero-order valence-corrected chi connectivity index (χ0v) is 16.2. The number of rotatable bonds is 7. The summed E-state index contributed by atoms with van der Waals surface area (Å²) in [5.41, 5.74) is 2.09. The van der Waals surface area contributed by atoms with Gasteiger partial charge in [0.15, 0.2) is 0 Å². The van der Waals surface area contributed by atoms with Crippen molar-refractivity contribution >= 4 is 5.96 Å². The summed E-state index contributed by atoms with van der Waals surface area (Å²) in [5.74, 6) is 0.775. The molecule has 0 radical (unpaired) electrons. The van der Waals surface area contributed by atoms with Crippen molar-refractivity contribution in [3.63, 3.8) is 0 Å². The molecule has 6 heteroatoms. The molecule has 1 aliphatic carbocycles. The molecule has 0 aromatic carbocycles. The highest BCUT2D eigenvalue weighted by molar-refractivity contribution is 5.84. The van der Waals surface area contributed by atoms with Gasteiger partial charge >= 0.3 is 0 Å². The Morgan fingerprint density at radius 3 is 2.81 bits per heavy atom. The van der Waals surface area contributed by atoms with E-state index in [9.17, 15) is 0 Å². The molecule has 1 saturated heterocycles. The van der Waals surface area contributed by atoms with E-state index in [1.165, 1.54) is 25.9 Å². The first-order valence-electron chi connectivity index (χ1n) is 9.71. The van der Waals surface area contributed by atoms with Crippen molar-refractivity contribution in [1.29, 1.82) is 0 Å². The van der Waals surface area contributed by atoms with E-state index in [0.717, 1.165) is 36.9 Å². The van der Waals surface area contributed by atoms with Gasteiger partial charge in [-0.3, -0.25) is 0 Å². The molecule has 2 heterocycles. The Balaban J connectivity index is 1.51. The topological polar surface area (TPSA) is 58.1 Å². The van der Waals surface area contributed by atoms with E-state index in [2.05, 4.69) is 39.6 Å². The van der Waals surface area contributed by atoms with E-state index in [-0.39, 0.29) is 18.2 Å². The number of hydrogen-bond donors (Lipinski definition) is 2. The number of ether oxygens (including phenoxy) is 2. The van der Waals surface area contributed by atoms with Crippen LogP contribution < -0.4 is 10.6 Å². The summed E-state index contributed by atoms with van der Waals surface area (Å²) in [4.78, 5) is 7.09. The lowest BCUT2D eigenvalue weighted by molar-refractivity contribution is -0.0135. The molecular weight excluding hydrogens is 328 g/mol. The van der Waals surface area contributed by atoms with Crippen molar-refractivity contribution in [3.05, 3.63) is 35.7 Å². The van der Waals surface area contributed by atoms with E-state index in [4.69, 9.17) is 9.47 Å². The third-order valence-electron chi connectivity index (χ3n) is 4.94. The predicted molar refractivity (Wildman–Crippen MR) is 105 cm³/mol. The van der Waals surface area contributed by atoms with Crippen LogP contribution in [0.3, 0.4) is 0 Å². The fourth-order valence-corrected chi connectivity index (χ4v) is 3.65. The first-order chi connectivity index (χ1) is 12.6. The second-order valence-corrected chi connectivity index (χ2v) is 7.24. The van der Waals surface area contributed by atoms with Gasteiger partial charge in [0.25, 0.3) is 0 Å². The van der Waals surface area contributed by atoms with Crippen LogP contribution >= 0.6 is 0 Å². The monoisotopic (exact) mass is 360 g/mol. The molecule has 2 aliphatic heterocycles. The summed E-state index contributed by atoms with van der Waals surface area (Å²) in [6.45, 7) is 8.47. The smallest absolute Gasteiger partial charge is 0.200 e. The van der Waals surface area contributed by atoms with Crippen molar-refractivity contribution in [1.82, 2.24) is 15.5 Å². The van der Waals surface area contributed by atoms with E-state index in [0.29, 0.717) is 0 Å². The number of methoxy groups -OCH3 is 1. The van der Waals surface area contributed by atoms with Gasteiger partial charge in [0.2, 0.25) is 5.96 Å². The quantitative estimate of drug-likeness (QED) is 0.682. The van der Waals surface area contributed by atoms with Crippen molar-refractivity contribution in [2.45, 2.75) is 51.4 Å². The lowest BCUT2D eigenvalue weighted by Gasteiger charge is -2.27. The van der Waals surface area contributed by atoms with Crippen LogP contribution in [-0.2, 0) is 9.47 Å². The minimum absolute atomic E-state index is 0.0471. The molecule has 3 rings (SSSR count). The maximum Gasteiger partial charge on any atom is 0.200 e. The minimum atomic E-state index is -0.0793. The highest BCUT2D eigenvalue weighted by Gasteiger charge is 2.22. The van der Waals surface area contributed by atoms with Crippen molar-refractivity contribution in [3.8, 4) is 0 Å². The second kappa shape index (κ2) is 9.35. The standard InChI is InChI=1S/C20H32N4O2/c1-15-13-16(2)22-20(21-15)23-17-7-8-18(25-3)19(14-17)26-12-6-11-24-9-4-5-10-24/h7-8,13-15,18-19H,4-6,9-12H2,1-3H3,(H2,21,22,23). The summed E-state index contributed by atoms with van der Waals surface area (Å²) in [7, 11) is 1.73. The molecule has 0 saturated carbocycles. The van der Waals surface area contributed by atoms with Gasteiger partial charge in [0, 0.05) is 31.7 Å². The Morgan fingerprint density at radius 1 is 1.27 bits per heavy atom. The van der Waals surface area contributed by atoms with E-state index in [1.54, 1.807) is 7.11 Å². The number of guanidine groups is 1. The molecule has 6 nitrogen and oxygen atoms in total. The Hall–Kier alpha value is -1.63. The van der Waals surface area contributed by atoms with Crippen LogP contribution in [0.15, 0.2) is 40.7 Å². The molecule has 3 aliphatic rings. The average molecular weight is 361 g/mol. The lowest BCUT2D eigenvalue weighted by Crippen LogP contribution is -2.40. The fraction of sp³-hybridized carbons (Fsp3) is 0.650. The lowest BCUT2D eigenvalue weighted by atomic mass is 10.1. The van der Waals surface area contributed by atoms with Gasteiger partial charge in [-0.2, -0.15) is 0 Å². The van der Waals surface area contributed by atoms with Crippen molar-refractivity contribution in [2.24, 2.45) is 4.99 Å². The SMILES string of the molecule is COC1C=CC(NC2=NC(C)C=C(C)N2)=CC1OCCCN1CCCC1. The summed E-state index contributed by atoms with van der Waals surface area (Å²) >= 11 is 0. The Bertz CT molecular complexity index is 591. The molecule has 1 fully saturated rings. The third kappa shape index (κ3) is 5.43. The highest BCUT2D eigenvalue weighted by atomic mass is 16.5. The number of aliphatic imine (C=N–C) groups is 1. The number of hydrogen-bond acceptors (Lipinski definition) is 6. The predicted octanol–water partition coefficient (Wildman–Crippen LogP) is 2.17. The summed E-state index contributed by atoms with van der Waals surface area (Å²) in [5, 5.41) is 6.62. The summed E-state index contributed by atoms with van der Waals surface area (Å²) < 4.78 is 11.7. The van der Waals surface area contributed by atoms with Crippen LogP contribution in [0.5, 0.6) is 0 Å². The Labute approximate surface area is 157 Å². The molecule has 26 heavy (non-hydrogen) atoms. The van der Waals surface area contributed by atoms with Gasteiger partial charge in [0.05, 0.1) is 6.04 Å². The Kier molecular flexibility index (Phi) is 6.88. The number of nitrogens with zero attached hydrogens (tertiary/aromatic N) is 2. The van der Waals surface area contributed by atoms with Crippen molar-refractivity contribution in [2.75, 3.05) is 33.4 Å². The van der Waals surface area contributed by atoms with Crippen LogP contribution in [-0.4, -0.2) is 62.5 Å². The van der Waals surface area contributed by atoms with E-state index in [1.807, 2.05) is 19.1 Å². The minimum Gasteiger partial charge on any atom is -0.374 e. The molecule has 0 aromatic rings. The van der Waals surface area contributed by atoms with Gasteiger partial charge in [-0.15, -0.1) is 0 Å². The molecule has 2 N–H and O–H groups in total. The molecule has 3 unspecified atom stereocenters. The molecule has 3 atom stereocenters. The van der Waals surface area contributed by atoms with Crippen LogP contribution in [0.1, 0.15) is 33.1 Å². The van der Waals surface area contributed by atoms with Gasteiger partial charge in [-0.25, -0.2) is 4.99 Å². The van der Waals surface area contributed by atoms with E-state index < -0.39 is 0 Å². The van der Waals surface area contributed by atoms with Crippen LogP contribution in [0.25, 0.3) is 0 Å². The van der Waals surface area contributed by atoms with Gasteiger partial charge in [-0.1, -0.05) is 6.08 Å². The molecule has 144 valence electrons. The summed E-state index contributed by atoms with van der Waals surface area (Å²) in [6, 6.07) is 0.177. The first kappa shape index (κ1) is 19.1. The van der Waals surface area contributed by atoms with E-state index >= 15 is 0 Å². The average Bonchev–Trinajstić information content (AvgIpc) is 3.11. The molecular formula is C20H32N4O2. The zero-order valence-electron chi connectivity index (χ0n) is 16.2.